The molecular weight excluding hydrogens is 280 g/mol. The van der Waals surface area contributed by atoms with Gasteiger partial charge in [0.25, 0.3) is 11.8 Å². The van der Waals surface area contributed by atoms with Crippen molar-refractivity contribution in [2.24, 2.45) is 0 Å². The van der Waals surface area contributed by atoms with E-state index in [0.29, 0.717) is 24.3 Å². The van der Waals surface area contributed by atoms with Crippen LogP contribution in [0.25, 0.3) is 10.8 Å². The number of amides is 2. The first kappa shape index (κ1) is 13.3. The highest BCUT2D eigenvalue weighted by atomic mass is 16.5. The van der Waals surface area contributed by atoms with Crippen LogP contribution in [0.5, 0.6) is 0 Å². The van der Waals surface area contributed by atoms with Crippen molar-refractivity contribution in [1.82, 2.24) is 4.90 Å². The van der Waals surface area contributed by atoms with Crippen molar-refractivity contribution in [3.05, 3.63) is 41.5 Å². The van der Waals surface area contributed by atoms with Gasteiger partial charge in [0.05, 0.1) is 18.8 Å². The van der Waals surface area contributed by atoms with Crippen LogP contribution < -0.4 is 4.90 Å². The average Bonchev–Trinajstić information content (AvgIpc) is 2.58. The first-order valence-electron chi connectivity index (χ1n) is 7.38. The molecule has 22 heavy (non-hydrogen) atoms. The summed E-state index contributed by atoms with van der Waals surface area (Å²) in [7, 11) is 1.54. The third kappa shape index (κ3) is 1.82. The van der Waals surface area contributed by atoms with Crippen molar-refractivity contribution in [2.45, 2.75) is 0 Å². The minimum atomic E-state index is -0.234. The van der Waals surface area contributed by atoms with E-state index in [0.717, 1.165) is 29.5 Å². The molecule has 0 spiro atoms. The Morgan fingerprint density at radius 1 is 1.00 bits per heavy atom. The highest BCUT2D eigenvalue weighted by molar-refractivity contribution is 6.25. The topological polar surface area (TPSA) is 49.9 Å². The third-order valence-corrected chi connectivity index (χ3v) is 4.41. The fourth-order valence-electron chi connectivity index (χ4n) is 3.22. The molecule has 0 N–H and O–H groups in total. The Morgan fingerprint density at radius 3 is 2.50 bits per heavy atom. The van der Waals surface area contributed by atoms with Crippen molar-refractivity contribution in [3.63, 3.8) is 0 Å². The standard InChI is InChI=1S/C17H16N2O3/c1-18-16(20)13-4-2-3-11-9-12(19-5-7-22-8-6-19)10-14(15(11)13)17(18)21/h2-4,9-10H,5-8H2,1H3. The van der Waals surface area contributed by atoms with Crippen LogP contribution in [0.3, 0.4) is 0 Å². The summed E-state index contributed by atoms with van der Waals surface area (Å²) in [4.78, 5) is 28.2. The fourth-order valence-corrected chi connectivity index (χ4v) is 3.22. The summed E-state index contributed by atoms with van der Waals surface area (Å²) in [6, 6.07) is 9.57. The molecule has 112 valence electrons. The predicted octanol–water partition coefficient (Wildman–Crippen LogP) is 1.90. The number of benzene rings is 2. The van der Waals surface area contributed by atoms with E-state index in [1.165, 1.54) is 11.9 Å². The maximum atomic E-state index is 12.5. The summed E-state index contributed by atoms with van der Waals surface area (Å²) in [5.41, 5.74) is 2.22. The van der Waals surface area contributed by atoms with Crippen LogP contribution in [0.1, 0.15) is 20.7 Å². The van der Waals surface area contributed by atoms with Crippen LogP contribution >= 0.6 is 0 Å². The van der Waals surface area contributed by atoms with Crippen molar-refractivity contribution >= 4 is 28.3 Å². The van der Waals surface area contributed by atoms with Gasteiger partial charge in [0.1, 0.15) is 0 Å². The number of imide groups is 1. The molecule has 2 heterocycles. The number of hydrogen-bond donors (Lipinski definition) is 0. The largest absolute Gasteiger partial charge is 0.378 e. The van der Waals surface area contributed by atoms with E-state index in [1.807, 2.05) is 18.2 Å². The lowest BCUT2D eigenvalue weighted by atomic mass is 9.93. The number of carbonyl (C=O) groups is 2. The fraction of sp³-hybridized carbons (Fsp3) is 0.294. The van der Waals surface area contributed by atoms with Crippen LogP contribution in [-0.4, -0.2) is 50.1 Å². The molecule has 5 heteroatoms. The molecule has 1 fully saturated rings. The molecule has 2 aliphatic heterocycles. The molecule has 4 rings (SSSR count). The lowest BCUT2D eigenvalue weighted by Gasteiger charge is -2.31. The number of morpholine rings is 1. The molecule has 0 aromatic heterocycles. The van der Waals surface area contributed by atoms with Crippen LogP contribution in [-0.2, 0) is 4.74 Å². The Labute approximate surface area is 128 Å². The second-order valence-electron chi connectivity index (χ2n) is 5.67. The highest BCUT2D eigenvalue weighted by Crippen LogP contribution is 2.33. The van der Waals surface area contributed by atoms with Gasteiger partial charge in [-0.15, -0.1) is 0 Å². The van der Waals surface area contributed by atoms with Gasteiger partial charge in [0.15, 0.2) is 0 Å². The average molecular weight is 296 g/mol. The molecule has 1 saturated heterocycles. The predicted molar refractivity (Wildman–Crippen MR) is 83.4 cm³/mol. The van der Waals surface area contributed by atoms with E-state index < -0.39 is 0 Å². The molecule has 2 aliphatic rings. The number of ether oxygens (including phenoxy) is 1. The number of hydrogen-bond acceptors (Lipinski definition) is 4. The van der Waals surface area contributed by atoms with E-state index in [4.69, 9.17) is 4.74 Å². The molecular formula is C17H16N2O3. The Kier molecular flexibility index (Phi) is 2.90. The Hall–Kier alpha value is -2.40. The molecule has 0 bridgehead atoms. The normalized spacial score (nSPS) is 18.2. The Morgan fingerprint density at radius 2 is 1.73 bits per heavy atom. The van der Waals surface area contributed by atoms with Crippen LogP contribution in [0.4, 0.5) is 5.69 Å². The molecule has 0 atom stereocenters. The highest BCUT2D eigenvalue weighted by Gasteiger charge is 2.30. The summed E-state index contributed by atoms with van der Waals surface area (Å²) in [6.07, 6.45) is 0. The van der Waals surface area contributed by atoms with E-state index in [1.54, 1.807) is 6.07 Å². The lowest BCUT2D eigenvalue weighted by molar-refractivity contribution is 0.0650. The molecule has 0 aliphatic carbocycles. The molecule has 2 aromatic rings. The second-order valence-corrected chi connectivity index (χ2v) is 5.67. The number of rotatable bonds is 1. The molecule has 5 nitrogen and oxygen atoms in total. The molecule has 0 radical (unpaired) electrons. The van der Waals surface area contributed by atoms with E-state index in [2.05, 4.69) is 11.0 Å². The quantitative estimate of drug-likeness (QED) is 0.754. The van der Waals surface area contributed by atoms with Gasteiger partial charge in [-0.25, -0.2) is 0 Å². The zero-order valence-corrected chi connectivity index (χ0v) is 12.3. The van der Waals surface area contributed by atoms with Gasteiger partial charge < -0.3 is 9.64 Å². The zero-order chi connectivity index (χ0) is 15.3. The van der Waals surface area contributed by atoms with Gasteiger partial charge in [-0.2, -0.15) is 0 Å². The van der Waals surface area contributed by atoms with Crippen molar-refractivity contribution in [2.75, 3.05) is 38.3 Å². The Balaban J connectivity index is 1.95. The first-order chi connectivity index (χ1) is 10.7. The van der Waals surface area contributed by atoms with Crippen LogP contribution in [0.15, 0.2) is 30.3 Å². The van der Waals surface area contributed by atoms with Crippen molar-refractivity contribution in [3.8, 4) is 0 Å². The SMILES string of the molecule is CN1C(=O)c2cccc3cc(N4CCOCC4)cc(c23)C1=O. The van der Waals surface area contributed by atoms with Crippen LogP contribution in [0.2, 0.25) is 0 Å². The lowest BCUT2D eigenvalue weighted by Crippen LogP contribution is -2.38. The van der Waals surface area contributed by atoms with E-state index >= 15 is 0 Å². The van der Waals surface area contributed by atoms with Gasteiger partial charge in [-0.05, 0) is 23.6 Å². The van der Waals surface area contributed by atoms with Gasteiger partial charge in [0, 0.05) is 36.8 Å². The molecule has 0 saturated carbocycles. The summed E-state index contributed by atoms with van der Waals surface area (Å²) < 4.78 is 5.39. The Bertz CT molecular complexity index is 794. The third-order valence-electron chi connectivity index (χ3n) is 4.41. The summed E-state index contributed by atoms with van der Waals surface area (Å²) in [5.74, 6) is -0.467. The molecule has 0 unspecified atom stereocenters. The molecule has 2 amide bonds. The maximum Gasteiger partial charge on any atom is 0.261 e. The van der Waals surface area contributed by atoms with E-state index in [-0.39, 0.29) is 11.8 Å². The van der Waals surface area contributed by atoms with Crippen LogP contribution in [0, 0.1) is 0 Å². The minimum Gasteiger partial charge on any atom is -0.378 e. The monoisotopic (exact) mass is 296 g/mol. The summed E-state index contributed by atoms with van der Waals surface area (Å²) in [6.45, 7) is 3.01. The number of anilines is 1. The van der Waals surface area contributed by atoms with Gasteiger partial charge in [0.2, 0.25) is 0 Å². The smallest absolute Gasteiger partial charge is 0.261 e. The minimum absolute atomic E-state index is 0.233. The number of nitrogens with zero attached hydrogens (tertiary/aromatic N) is 2. The number of carbonyl (C=O) groups excluding carboxylic acids is 2. The van der Waals surface area contributed by atoms with Gasteiger partial charge in [-0.3, -0.25) is 14.5 Å². The van der Waals surface area contributed by atoms with Crippen molar-refractivity contribution < 1.29 is 14.3 Å². The second kappa shape index (κ2) is 4.81. The van der Waals surface area contributed by atoms with Gasteiger partial charge in [-0.1, -0.05) is 12.1 Å². The van der Waals surface area contributed by atoms with Gasteiger partial charge >= 0.3 is 0 Å². The summed E-state index contributed by atoms with van der Waals surface area (Å²) in [5, 5.41) is 1.71. The maximum absolute atomic E-state index is 12.5. The first-order valence-corrected chi connectivity index (χ1v) is 7.38. The van der Waals surface area contributed by atoms with E-state index in [9.17, 15) is 9.59 Å². The van der Waals surface area contributed by atoms with Crippen molar-refractivity contribution in [1.29, 1.82) is 0 Å². The zero-order valence-electron chi connectivity index (χ0n) is 12.3. The molecule has 2 aromatic carbocycles. The summed E-state index contributed by atoms with van der Waals surface area (Å²) >= 11 is 0.